The van der Waals surface area contributed by atoms with E-state index in [-0.39, 0.29) is 24.2 Å². The van der Waals surface area contributed by atoms with Crippen LogP contribution in [0.25, 0.3) is 5.69 Å². The van der Waals surface area contributed by atoms with Crippen molar-refractivity contribution < 1.29 is 9.18 Å². The van der Waals surface area contributed by atoms with Gasteiger partial charge in [-0.3, -0.25) is 4.79 Å². The Hall–Kier alpha value is -3.39. The molecule has 5 heteroatoms. The van der Waals surface area contributed by atoms with Gasteiger partial charge in [-0.25, -0.2) is 9.07 Å². The van der Waals surface area contributed by atoms with Crippen LogP contribution < -0.4 is 5.32 Å². The first-order valence-corrected chi connectivity index (χ1v) is 9.09. The summed E-state index contributed by atoms with van der Waals surface area (Å²) >= 11 is 0. The quantitative estimate of drug-likeness (QED) is 0.661. The molecule has 142 valence electrons. The maximum atomic E-state index is 14.1. The molecular formula is C23H22FN3O. The molecule has 4 nitrogen and oxygen atoms in total. The molecule has 1 heterocycles. The first-order chi connectivity index (χ1) is 13.5. The molecule has 0 fully saturated rings. The Morgan fingerprint density at radius 3 is 2.54 bits per heavy atom. The number of rotatable bonds is 6. The van der Waals surface area contributed by atoms with E-state index in [9.17, 15) is 9.18 Å². The Morgan fingerprint density at radius 1 is 1.18 bits per heavy atom. The van der Waals surface area contributed by atoms with Gasteiger partial charge in [0, 0.05) is 17.7 Å². The fourth-order valence-electron chi connectivity index (χ4n) is 3.25. The topological polar surface area (TPSA) is 46.9 Å². The van der Waals surface area contributed by atoms with E-state index < -0.39 is 0 Å². The van der Waals surface area contributed by atoms with Crippen LogP contribution >= 0.6 is 0 Å². The van der Waals surface area contributed by atoms with Crippen LogP contribution in [0.15, 0.2) is 54.6 Å². The van der Waals surface area contributed by atoms with E-state index in [0.29, 0.717) is 17.8 Å². The van der Waals surface area contributed by atoms with Crippen LogP contribution in [0.5, 0.6) is 0 Å². The Balaban J connectivity index is 1.81. The zero-order valence-corrected chi connectivity index (χ0v) is 15.9. The lowest BCUT2D eigenvalue weighted by atomic mass is 10.0. The number of para-hydroxylation sites is 1. The molecule has 0 bridgehead atoms. The minimum Gasteiger partial charge on any atom is -0.348 e. The fraction of sp³-hybridized carbons (Fsp3) is 0.217. The number of carbonyl (C=O) groups excluding carboxylic acids is 1. The number of terminal acetylenes is 1. The van der Waals surface area contributed by atoms with E-state index in [1.807, 2.05) is 44.2 Å². The fourth-order valence-corrected chi connectivity index (χ4v) is 3.25. The van der Waals surface area contributed by atoms with E-state index in [0.717, 1.165) is 16.8 Å². The number of nitrogens with one attached hydrogen (secondary N) is 1. The van der Waals surface area contributed by atoms with Gasteiger partial charge in [0.05, 0.1) is 18.2 Å². The number of benzene rings is 2. The van der Waals surface area contributed by atoms with Gasteiger partial charge in [-0.15, -0.1) is 12.3 Å². The third kappa shape index (κ3) is 4.12. The largest absolute Gasteiger partial charge is 0.348 e. The van der Waals surface area contributed by atoms with Crippen molar-refractivity contribution in [1.29, 1.82) is 0 Å². The van der Waals surface area contributed by atoms with E-state index >= 15 is 0 Å². The molecule has 1 aromatic heterocycles. The summed E-state index contributed by atoms with van der Waals surface area (Å²) in [7, 11) is 0. The lowest BCUT2D eigenvalue weighted by Gasteiger charge is -2.17. The van der Waals surface area contributed by atoms with Crippen molar-refractivity contribution in [3.63, 3.8) is 0 Å². The number of halogens is 1. The predicted octanol–water partition coefficient (Wildman–Crippen LogP) is 4.05. The predicted molar refractivity (Wildman–Crippen MR) is 107 cm³/mol. The molecule has 2 aromatic carbocycles. The van der Waals surface area contributed by atoms with Crippen molar-refractivity contribution in [3.05, 3.63) is 82.9 Å². The summed E-state index contributed by atoms with van der Waals surface area (Å²) in [6.07, 6.45) is 6.03. The molecule has 0 spiro atoms. The molecule has 0 unspecified atom stereocenters. The summed E-state index contributed by atoms with van der Waals surface area (Å²) in [5.41, 5.74) is 3.55. The second-order valence-electron chi connectivity index (χ2n) is 6.63. The standard InChI is InChI=1S/C23H22FN3O/c1-4-10-21(18-11-6-5-7-12-18)25-23(28)15-19-16(2)26-27(17(19)3)22-14-9-8-13-20(22)24/h1,5-9,11-14,21H,10,15H2,2-3H3,(H,25,28)/t21-/m1/s1. The molecule has 28 heavy (non-hydrogen) atoms. The molecule has 1 N–H and O–H groups in total. The SMILES string of the molecule is C#CC[C@@H](NC(=O)Cc1c(C)nn(-c2ccccc2F)c1C)c1ccccc1. The van der Waals surface area contributed by atoms with Crippen molar-refractivity contribution in [2.24, 2.45) is 0 Å². The van der Waals surface area contributed by atoms with Crippen LogP contribution in [-0.4, -0.2) is 15.7 Å². The minimum absolute atomic E-state index is 0.150. The number of aromatic nitrogens is 2. The van der Waals surface area contributed by atoms with Crippen LogP contribution in [0.3, 0.4) is 0 Å². The Kier molecular flexibility index (Phi) is 5.90. The summed E-state index contributed by atoms with van der Waals surface area (Å²) < 4.78 is 15.7. The van der Waals surface area contributed by atoms with Gasteiger partial charge >= 0.3 is 0 Å². The number of hydrogen-bond acceptors (Lipinski definition) is 2. The van der Waals surface area contributed by atoms with Crippen molar-refractivity contribution in [2.45, 2.75) is 32.7 Å². The molecule has 1 amide bonds. The summed E-state index contributed by atoms with van der Waals surface area (Å²) in [6, 6.07) is 15.8. The van der Waals surface area contributed by atoms with E-state index in [2.05, 4.69) is 16.3 Å². The van der Waals surface area contributed by atoms with Crippen molar-refractivity contribution in [2.75, 3.05) is 0 Å². The maximum Gasteiger partial charge on any atom is 0.225 e. The second-order valence-corrected chi connectivity index (χ2v) is 6.63. The smallest absolute Gasteiger partial charge is 0.225 e. The first-order valence-electron chi connectivity index (χ1n) is 9.09. The van der Waals surface area contributed by atoms with E-state index in [1.54, 1.807) is 22.9 Å². The molecule has 0 aliphatic heterocycles. The van der Waals surface area contributed by atoms with Crippen LogP contribution in [0.1, 0.15) is 35.0 Å². The second kappa shape index (κ2) is 8.53. The Morgan fingerprint density at radius 2 is 1.86 bits per heavy atom. The number of carbonyl (C=O) groups is 1. The minimum atomic E-state index is -0.359. The third-order valence-corrected chi connectivity index (χ3v) is 4.72. The van der Waals surface area contributed by atoms with Gasteiger partial charge < -0.3 is 5.32 Å². The van der Waals surface area contributed by atoms with Crippen LogP contribution in [0, 0.1) is 32.0 Å². The highest BCUT2D eigenvalue weighted by molar-refractivity contribution is 5.79. The molecule has 3 rings (SSSR count). The van der Waals surface area contributed by atoms with Gasteiger partial charge in [0.2, 0.25) is 5.91 Å². The lowest BCUT2D eigenvalue weighted by Crippen LogP contribution is -2.30. The number of nitrogens with zero attached hydrogens (tertiary/aromatic N) is 2. The summed E-state index contributed by atoms with van der Waals surface area (Å²) in [6.45, 7) is 3.66. The van der Waals surface area contributed by atoms with Crippen LogP contribution in [0.2, 0.25) is 0 Å². The molecule has 3 aromatic rings. The highest BCUT2D eigenvalue weighted by atomic mass is 19.1. The Bertz CT molecular complexity index is 1020. The van der Waals surface area contributed by atoms with Crippen molar-refractivity contribution in [1.82, 2.24) is 15.1 Å². The van der Waals surface area contributed by atoms with E-state index in [4.69, 9.17) is 6.42 Å². The molecule has 0 radical (unpaired) electrons. The average molecular weight is 375 g/mol. The van der Waals surface area contributed by atoms with Crippen molar-refractivity contribution >= 4 is 5.91 Å². The maximum absolute atomic E-state index is 14.1. The van der Waals surface area contributed by atoms with Crippen molar-refractivity contribution in [3.8, 4) is 18.0 Å². The first kappa shape index (κ1) is 19.4. The molecule has 0 saturated heterocycles. The normalized spacial score (nSPS) is 11.6. The Labute approximate surface area is 164 Å². The number of hydrogen-bond donors (Lipinski definition) is 1. The highest BCUT2D eigenvalue weighted by Gasteiger charge is 2.19. The van der Waals surface area contributed by atoms with Gasteiger partial charge in [0.25, 0.3) is 0 Å². The molecule has 0 saturated carbocycles. The van der Waals surface area contributed by atoms with Gasteiger partial charge in [-0.2, -0.15) is 5.10 Å². The molecular weight excluding hydrogens is 353 g/mol. The van der Waals surface area contributed by atoms with Gasteiger partial charge in [-0.1, -0.05) is 42.5 Å². The average Bonchev–Trinajstić information content (AvgIpc) is 2.97. The molecule has 0 aliphatic carbocycles. The highest BCUT2D eigenvalue weighted by Crippen LogP contribution is 2.21. The van der Waals surface area contributed by atoms with Gasteiger partial charge in [0.15, 0.2) is 0 Å². The monoisotopic (exact) mass is 375 g/mol. The number of aryl methyl sites for hydroxylation is 1. The summed E-state index contributed by atoms with van der Waals surface area (Å²) in [5, 5.41) is 7.44. The van der Waals surface area contributed by atoms with Gasteiger partial charge in [-0.05, 0) is 31.5 Å². The van der Waals surface area contributed by atoms with Gasteiger partial charge in [0.1, 0.15) is 11.5 Å². The third-order valence-electron chi connectivity index (χ3n) is 4.72. The molecule has 0 aliphatic rings. The zero-order chi connectivity index (χ0) is 20.1. The summed E-state index contributed by atoms with van der Waals surface area (Å²) in [5.74, 6) is 2.11. The zero-order valence-electron chi connectivity index (χ0n) is 15.9. The number of amides is 1. The lowest BCUT2D eigenvalue weighted by molar-refractivity contribution is -0.121. The summed E-state index contributed by atoms with van der Waals surface area (Å²) in [4.78, 5) is 12.7. The van der Waals surface area contributed by atoms with Crippen LogP contribution in [0.4, 0.5) is 4.39 Å². The van der Waals surface area contributed by atoms with E-state index in [1.165, 1.54) is 6.07 Å². The van der Waals surface area contributed by atoms with Crippen LogP contribution in [-0.2, 0) is 11.2 Å². The molecule has 1 atom stereocenters.